The molecule has 0 unspecified atom stereocenters. The Balaban J connectivity index is 1.97. The predicted octanol–water partition coefficient (Wildman–Crippen LogP) is 1.98. The van der Waals surface area contributed by atoms with Crippen LogP contribution in [0.1, 0.15) is 34.6 Å². The molecule has 0 aliphatic heterocycles. The van der Waals surface area contributed by atoms with Gasteiger partial charge in [-0.2, -0.15) is 0 Å². The molecule has 1 aliphatic rings. The minimum atomic E-state index is -0.0660. The minimum Gasteiger partial charge on any atom is -0.352 e. The molecule has 1 N–H and O–H groups in total. The smallest absolute Gasteiger partial charge is 0.258 e. The monoisotopic (exact) mass is 245 g/mol. The van der Waals surface area contributed by atoms with E-state index in [4.69, 9.17) is 4.52 Å². The molecule has 1 saturated carbocycles. The molecule has 0 atom stereocenters. The van der Waals surface area contributed by atoms with Gasteiger partial charge in [0, 0.05) is 12.2 Å². The van der Waals surface area contributed by atoms with E-state index in [1.165, 1.54) is 12.8 Å². The average Bonchev–Trinajstić information content (AvgIpc) is 3.10. The van der Waals surface area contributed by atoms with E-state index < -0.39 is 0 Å². The van der Waals surface area contributed by atoms with E-state index >= 15 is 0 Å². The van der Waals surface area contributed by atoms with E-state index in [1.54, 1.807) is 6.07 Å². The first kappa shape index (κ1) is 11.2. The second-order valence-electron chi connectivity index (χ2n) is 4.91. The van der Waals surface area contributed by atoms with Crippen LogP contribution in [-0.4, -0.2) is 22.6 Å². The standard InChI is InChI=1S/C13H15N3O2/c1-7-5-10(12(17)14-6-9-3-4-9)11-8(2)16-18-13(11)15-7/h5,9H,3-4,6H2,1-2H3,(H,14,17). The largest absolute Gasteiger partial charge is 0.352 e. The first-order chi connectivity index (χ1) is 8.65. The van der Waals surface area contributed by atoms with Crippen LogP contribution in [0.5, 0.6) is 0 Å². The van der Waals surface area contributed by atoms with Crippen LogP contribution in [0.2, 0.25) is 0 Å². The lowest BCUT2D eigenvalue weighted by molar-refractivity contribution is 0.0953. The summed E-state index contributed by atoms with van der Waals surface area (Å²) in [7, 11) is 0. The summed E-state index contributed by atoms with van der Waals surface area (Å²) in [5, 5.41) is 7.55. The maximum absolute atomic E-state index is 12.2. The Hall–Kier alpha value is -1.91. The van der Waals surface area contributed by atoms with Crippen molar-refractivity contribution in [2.45, 2.75) is 26.7 Å². The Morgan fingerprint density at radius 3 is 3.00 bits per heavy atom. The summed E-state index contributed by atoms with van der Waals surface area (Å²) in [5.74, 6) is 0.597. The minimum absolute atomic E-state index is 0.0660. The third-order valence-corrected chi connectivity index (χ3v) is 3.24. The molecule has 5 nitrogen and oxygen atoms in total. The molecular formula is C13H15N3O2. The van der Waals surface area contributed by atoms with Crippen molar-refractivity contribution < 1.29 is 9.32 Å². The molecule has 3 rings (SSSR count). The Morgan fingerprint density at radius 2 is 2.28 bits per heavy atom. The van der Waals surface area contributed by atoms with Crippen molar-refractivity contribution in [3.8, 4) is 0 Å². The predicted molar refractivity (Wildman–Crippen MR) is 66.3 cm³/mol. The fourth-order valence-corrected chi connectivity index (χ4v) is 2.05. The number of aromatic nitrogens is 2. The maximum Gasteiger partial charge on any atom is 0.258 e. The molecule has 0 aromatic carbocycles. The highest BCUT2D eigenvalue weighted by Gasteiger charge is 2.23. The molecule has 0 spiro atoms. The normalized spacial score (nSPS) is 15.0. The van der Waals surface area contributed by atoms with Gasteiger partial charge in [-0.15, -0.1) is 0 Å². The zero-order chi connectivity index (χ0) is 12.7. The van der Waals surface area contributed by atoms with E-state index in [0.29, 0.717) is 28.3 Å². The van der Waals surface area contributed by atoms with Gasteiger partial charge in [-0.3, -0.25) is 4.79 Å². The van der Waals surface area contributed by atoms with E-state index in [1.807, 2.05) is 13.8 Å². The van der Waals surface area contributed by atoms with Gasteiger partial charge in [0.2, 0.25) is 0 Å². The SMILES string of the molecule is Cc1cc(C(=O)NCC2CC2)c2c(C)noc2n1. The van der Waals surface area contributed by atoms with Crippen LogP contribution in [-0.2, 0) is 0 Å². The van der Waals surface area contributed by atoms with Crippen molar-refractivity contribution in [1.29, 1.82) is 0 Å². The number of carbonyl (C=O) groups excluding carboxylic acids is 1. The number of hydrogen-bond donors (Lipinski definition) is 1. The highest BCUT2D eigenvalue weighted by molar-refractivity contribution is 6.06. The molecule has 0 bridgehead atoms. The van der Waals surface area contributed by atoms with Crippen molar-refractivity contribution in [3.63, 3.8) is 0 Å². The van der Waals surface area contributed by atoms with E-state index in [9.17, 15) is 4.79 Å². The van der Waals surface area contributed by atoms with Gasteiger partial charge >= 0.3 is 0 Å². The number of aryl methyl sites for hydroxylation is 2. The van der Waals surface area contributed by atoms with Crippen LogP contribution >= 0.6 is 0 Å². The van der Waals surface area contributed by atoms with Crippen LogP contribution in [0.4, 0.5) is 0 Å². The van der Waals surface area contributed by atoms with Gasteiger partial charge in [-0.25, -0.2) is 4.98 Å². The number of fused-ring (bicyclic) bond motifs is 1. The van der Waals surface area contributed by atoms with Crippen molar-refractivity contribution in [2.24, 2.45) is 5.92 Å². The topological polar surface area (TPSA) is 68.0 Å². The van der Waals surface area contributed by atoms with E-state index in [-0.39, 0.29) is 5.91 Å². The van der Waals surface area contributed by atoms with E-state index in [2.05, 4.69) is 15.5 Å². The van der Waals surface area contributed by atoms with Gasteiger partial charge in [-0.1, -0.05) is 5.16 Å². The molecule has 5 heteroatoms. The number of nitrogens with one attached hydrogen (secondary N) is 1. The lowest BCUT2D eigenvalue weighted by atomic mass is 10.1. The van der Waals surface area contributed by atoms with Gasteiger partial charge in [0.05, 0.1) is 16.6 Å². The third kappa shape index (κ3) is 1.96. The van der Waals surface area contributed by atoms with Crippen molar-refractivity contribution >= 4 is 17.0 Å². The summed E-state index contributed by atoms with van der Waals surface area (Å²) >= 11 is 0. The van der Waals surface area contributed by atoms with Gasteiger partial charge in [0.25, 0.3) is 11.6 Å². The summed E-state index contributed by atoms with van der Waals surface area (Å²) in [4.78, 5) is 16.4. The molecule has 18 heavy (non-hydrogen) atoms. The zero-order valence-electron chi connectivity index (χ0n) is 10.5. The first-order valence-electron chi connectivity index (χ1n) is 6.17. The summed E-state index contributed by atoms with van der Waals surface area (Å²) in [5.41, 5.74) is 2.50. The molecule has 1 amide bonds. The highest BCUT2D eigenvalue weighted by Crippen LogP contribution is 2.28. The molecule has 0 saturated heterocycles. The molecule has 2 aromatic heterocycles. The summed E-state index contributed by atoms with van der Waals surface area (Å²) in [6.45, 7) is 4.42. The summed E-state index contributed by atoms with van der Waals surface area (Å²) in [6.07, 6.45) is 2.44. The van der Waals surface area contributed by atoms with E-state index in [0.717, 1.165) is 12.2 Å². The second-order valence-corrected chi connectivity index (χ2v) is 4.91. The number of hydrogen-bond acceptors (Lipinski definition) is 4. The molecule has 2 aromatic rings. The van der Waals surface area contributed by atoms with Crippen LogP contribution in [0, 0.1) is 19.8 Å². The number of nitrogens with zero attached hydrogens (tertiary/aromatic N) is 2. The van der Waals surface area contributed by atoms with Crippen LogP contribution in [0.25, 0.3) is 11.1 Å². The molecular weight excluding hydrogens is 230 g/mol. The molecule has 0 radical (unpaired) electrons. The quantitative estimate of drug-likeness (QED) is 0.897. The Bertz CT molecular complexity index is 614. The van der Waals surface area contributed by atoms with Gasteiger partial charge in [0.1, 0.15) is 0 Å². The molecule has 94 valence electrons. The Kier molecular flexibility index (Phi) is 2.54. The lowest BCUT2D eigenvalue weighted by Crippen LogP contribution is -2.26. The number of rotatable bonds is 3. The van der Waals surface area contributed by atoms with Crippen LogP contribution < -0.4 is 5.32 Å². The average molecular weight is 245 g/mol. The molecule has 1 fully saturated rings. The Morgan fingerprint density at radius 1 is 1.50 bits per heavy atom. The fourth-order valence-electron chi connectivity index (χ4n) is 2.05. The number of amides is 1. The summed E-state index contributed by atoms with van der Waals surface area (Å²) in [6, 6.07) is 1.79. The summed E-state index contributed by atoms with van der Waals surface area (Å²) < 4.78 is 5.12. The van der Waals surface area contributed by atoms with Crippen molar-refractivity contribution in [2.75, 3.05) is 6.54 Å². The van der Waals surface area contributed by atoms with Gasteiger partial charge in [-0.05, 0) is 38.7 Å². The van der Waals surface area contributed by atoms with Crippen molar-refractivity contribution in [1.82, 2.24) is 15.5 Å². The maximum atomic E-state index is 12.2. The molecule has 2 heterocycles. The van der Waals surface area contributed by atoms with Crippen LogP contribution in [0.3, 0.4) is 0 Å². The lowest BCUT2D eigenvalue weighted by Gasteiger charge is -2.05. The van der Waals surface area contributed by atoms with Gasteiger partial charge in [0.15, 0.2) is 0 Å². The Labute approximate surface area is 105 Å². The van der Waals surface area contributed by atoms with Crippen molar-refractivity contribution in [3.05, 3.63) is 23.0 Å². The number of pyridine rings is 1. The zero-order valence-corrected chi connectivity index (χ0v) is 10.5. The third-order valence-electron chi connectivity index (χ3n) is 3.24. The first-order valence-corrected chi connectivity index (χ1v) is 6.17. The second kappa shape index (κ2) is 4.08. The van der Waals surface area contributed by atoms with Crippen LogP contribution in [0.15, 0.2) is 10.6 Å². The number of carbonyl (C=O) groups is 1. The molecule has 1 aliphatic carbocycles. The van der Waals surface area contributed by atoms with Gasteiger partial charge < -0.3 is 9.84 Å². The fraction of sp³-hybridized carbons (Fsp3) is 0.462. The highest BCUT2D eigenvalue weighted by atomic mass is 16.5.